The van der Waals surface area contributed by atoms with E-state index in [2.05, 4.69) is 55.1 Å². The maximum absolute atomic E-state index is 10.2. The van der Waals surface area contributed by atoms with Gasteiger partial charge in [-0.05, 0) is 45.2 Å². The van der Waals surface area contributed by atoms with Gasteiger partial charge in [0, 0.05) is 12.0 Å². The molecule has 0 atom stereocenters. The largest absolute Gasteiger partial charge is 0.303 e. The van der Waals surface area contributed by atoms with Gasteiger partial charge in [-0.2, -0.15) is 0 Å². The van der Waals surface area contributed by atoms with E-state index in [-0.39, 0.29) is 0 Å². The van der Waals surface area contributed by atoms with Crippen LogP contribution in [0.2, 0.25) is 0 Å². The zero-order valence-electron chi connectivity index (χ0n) is 5.42. The van der Waals surface area contributed by atoms with Gasteiger partial charge in [0.05, 0.1) is 0 Å². The van der Waals surface area contributed by atoms with Gasteiger partial charge in [-0.3, -0.25) is 0 Å². The SMILES string of the molecule is O=CCc1c(I)ncnc1I. The van der Waals surface area contributed by atoms with E-state index in [0.717, 1.165) is 19.3 Å². The van der Waals surface area contributed by atoms with Crippen molar-refractivity contribution >= 4 is 51.5 Å². The third kappa shape index (κ3) is 2.32. The highest BCUT2D eigenvalue weighted by atomic mass is 127. The molecule has 0 spiro atoms. The molecule has 0 saturated heterocycles. The molecule has 1 aromatic heterocycles. The van der Waals surface area contributed by atoms with Crippen molar-refractivity contribution in [1.82, 2.24) is 9.97 Å². The normalized spacial score (nSPS) is 9.64. The van der Waals surface area contributed by atoms with Crippen molar-refractivity contribution < 1.29 is 4.79 Å². The fourth-order valence-electron chi connectivity index (χ4n) is 0.623. The molecule has 1 rings (SSSR count). The van der Waals surface area contributed by atoms with Gasteiger partial charge in [-0.25, -0.2) is 9.97 Å². The number of aldehydes is 1. The Morgan fingerprint density at radius 3 is 2.36 bits per heavy atom. The molecule has 0 aliphatic heterocycles. The lowest BCUT2D eigenvalue weighted by atomic mass is 10.3. The Bertz CT molecular complexity index is 257. The second-order valence-corrected chi connectivity index (χ2v) is 3.85. The first-order valence-electron chi connectivity index (χ1n) is 2.84. The molecule has 0 N–H and O–H groups in total. The molecule has 0 radical (unpaired) electrons. The summed E-state index contributed by atoms with van der Waals surface area (Å²) in [5.74, 6) is 0. The summed E-state index contributed by atoms with van der Waals surface area (Å²) in [6.45, 7) is 0. The van der Waals surface area contributed by atoms with E-state index in [1.165, 1.54) is 6.33 Å². The second-order valence-electron chi connectivity index (χ2n) is 1.80. The predicted octanol–water partition coefficient (Wildman–Crippen LogP) is 1.43. The fourth-order valence-corrected chi connectivity index (χ4v) is 2.34. The van der Waals surface area contributed by atoms with E-state index in [4.69, 9.17) is 0 Å². The first-order chi connectivity index (χ1) is 5.25. The van der Waals surface area contributed by atoms with Crippen LogP contribution in [-0.2, 0) is 11.2 Å². The number of carbonyl (C=O) groups excluding carboxylic acids is 1. The molecule has 58 valence electrons. The van der Waals surface area contributed by atoms with E-state index in [9.17, 15) is 4.79 Å². The molecule has 0 saturated carbocycles. The second kappa shape index (κ2) is 4.29. The summed E-state index contributed by atoms with van der Waals surface area (Å²) in [7, 11) is 0. The minimum Gasteiger partial charge on any atom is -0.303 e. The minimum absolute atomic E-state index is 0.400. The van der Waals surface area contributed by atoms with Crippen molar-refractivity contribution in [3.63, 3.8) is 0 Å². The smallest absolute Gasteiger partial charge is 0.124 e. The highest BCUT2D eigenvalue weighted by Gasteiger charge is 2.04. The Hall–Kier alpha value is 0.210. The topological polar surface area (TPSA) is 42.9 Å². The minimum atomic E-state index is 0.400. The molecule has 0 aliphatic carbocycles. The molecular formula is C6H4I2N2O. The first kappa shape index (κ1) is 9.30. The molecule has 0 fully saturated rings. The molecule has 3 nitrogen and oxygen atoms in total. The molecule has 0 bridgehead atoms. The quantitative estimate of drug-likeness (QED) is 0.447. The van der Waals surface area contributed by atoms with E-state index in [0.29, 0.717) is 6.42 Å². The lowest BCUT2D eigenvalue weighted by Crippen LogP contribution is -1.99. The molecule has 0 aromatic carbocycles. The maximum Gasteiger partial charge on any atom is 0.124 e. The van der Waals surface area contributed by atoms with Crippen molar-refractivity contribution in [3.05, 3.63) is 19.3 Å². The van der Waals surface area contributed by atoms with Gasteiger partial charge in [-0.1, -0.05) is 0 Å². The van der Waals surface area contributed by atoms with Crippen LogP contribution >= 0.6 is 45.2 Å². The van der Waals surface area contributed by atoms with Crippen LogP contribution < -0.4 is 0 Å². The number of hydrogen-bond acceptors (Lipinski definition) is 3. The highest BCUT2D eigenvalue weighted by Crippen LogP contribution is 2.13. The summed E-state index contributed by atoms with van der Waals surface area (Å²) in [5, 5.41) is 0. The zero-order valence-corrected chi connectivity index (χ0v) is 9.74. The number of hydrogen-bond donors (Lipinski definition) is 0. The summed E-state index contributed by atoms with van der Waals surface area (Å²) in [4.78, 5) is 18.2. The lowest BCUT2D eigenvalue weighted by molar-refractivity contribution is -0.107. The Morgan fingerprint density at radius 2 is 1.91 bits per heavy atom. The summed E-state index contributed by atoms with van der Waals surface area (Å²) in [6.07, 6.45) is 2.76. The standard InChI is InChI=1S/C6H4I2N2O/c7-5-4(1-2-11)6(8)10-3-9-5/h2-3H,1H2. The number of carbonyl (C=O) groups is 1. The third-order valence-corrected chi connectivity index (χ3v) is 2.99. The van der Waals surface area contributed by atoms with E-state index < -0.39 is 0 Å². The van der Waals surface area contributed by atoms with Gasteiger partial charge in [0.2, 0.25) is 0 Å². The van der Waals surface area contributed by atoms with Crippen molar-refractivity contribution in [2.75, 3.05) is 0 Å². The van der Waals surface area contributed by atoms with Crippen molar-refractivity contribution in [3.8, 4) is 0 Å². The van der Waals surface area contributed by atoms with Crippen LogP contribution in [0.4, 0.5) is 0 Å². The van der Waals surface area contributed by atoms with Gasteiger partial charge >= 0.3 is 0 Å². The summed E-state index contributed by atoms with van der Waals surface area (Å²) >= 11 is 4.19. The zero-order chi connectivity index (χ0) is 8.27. The van der Waals surface area contributed by atoms with E-state index in [1.54, 1.807) is 0 Å². The molecule has 11 heavy (non-hydrogen) atoms. The van der Waals surface area contributed by atoms with E-state index in [1.807, 2.05) is 0 Å². The van der Waals surface area contributed by atoms with Crippen LogP contribution in [0.1, 0.15) is 5.56 Å². The van der Waals surface area contributed by atoms with Crippen LogP contribution in [0.15, 0.2) is 6.33 Å². The van der Waals surface area contributed by atoms with Gasteiger partial charge in [0.25, 0.3) is 0 Å². The maximum atomic E-state index is 10.2. The predicted molar refractivity (Wildman–Crippen MR) is 57.2 cm³/mol. The average molecular weight is 374 g/mol. The van der Waals surface area contributed by atoms with Crippen LogP contribution in [0.5, 0.6) is 0 Å². The lowest BCUT2D eigenvalue weighted by Gasteiger charge is -1.99. The van der Waals surface area contributed by atoms with Crippen LogP contribution in [0.25, 0.3) is 0 Å². The van der Waals surface area contributed by atoms with Gasteiger partial charge in [0.1, 0.15) is 20.0 Å². The summed E-state index contributed by atoms with van der Waals surface area (Å²) < 4.78 is 1.71. The van der Waals surface area contributed by atoms with Crippen molar-refractivity contribution in [2.45, 2.75) is 6.42 Å². The van der Waals surface area contributed by atoms with Gasteiger partial charge < -0.3 is 4.79 Å². The molecule has 5 heteroatoms. The Kier molecular flexibility index (Phi) is 3.63. The number of nitrogens with zero attached hydrogens (tertiary/aromatic N) is 2. The molecule has 0 aliphatic rings. The summed E-state index contributed by atoms with van der Waals surface area (Å²) in [5.41, 5.74) is 0.920. The summed E-state index contributed by atoms with van der Waals surface area (Å²) in [6, 6.07) is 0. The first-order valence-corrected chi connectivity index (χ1v) is 5.00. The highest BCUT2D eigenvalue weighted by molar-refractivity contribution is 14.1. The van der Waals surface area contributed by atoms with Crippen LogP contribution in [0.3, 0.4) is 0 Å². The monoisotopic (exact) mass is 374 g/mol. The van der Waals surface area contributed by atoms with Gasteiger partial charge in [-0.15, -0.1) is 0 Å². The number of aromatic nitrogens is 2. The Labute approximate surface area is 91.3 Å². The number of rotatable bonds is 2. The average Bonchev–Trinajstić information content (AvgIpc) is 1.97. The molecule has 0 amide bonds. The number of halogens is 2. The van der Waals surface area contributed by atoms with Crippen molar-refractivity contribution in [2.24, 2.45) is 0 Å². The van der Waals surface area contributed by atoms with Gasteiger partial charge in [0.15, 0.2) is 0 Å². The molecule has 1 aromatic rings. The van der Waals surface area contributed by atoms with Crippen LogP contribution in [-0.4, -0.2) is 16.3 Å². The van der Waals surface area contributed by atoms with Crippen molar-refractivity contribution in [1.29, 1.82) is 0 Å². The molecular weight excluding hydrogens is 370 g/mol. The van der Waals surface area contributed by atoms with Crippen LogP contribution in [0, 0.1) is 7.40 Å². The Morgan fingerprint density at radius 1 is 1.36 bits per heavy atom. The third-order valence-electron chi connectivity index (χ3n) is 1.13. The molecule has 0 unspecified atom stereocenters. The fraction of sp³-hybridized carbons (Fsp3) is 0.167. The Balaban J connectivity index is 3.09. The molecule has 1 heterocycles. The van der Waals surface area contributed by atoms with E-state index >= 15 is 0 Å².